The molecule has 2 aromatic rings. The van der Waals surface area contributed by atoms with Crippen LogP contribution >= 0.6 is 7.75 Å². The van der Waals surface area contributed by atoms with Gasteiger partial charge in [-0.2, -0.15) is 13.9 Å². The van der Waals surface area contributed by atoms with E-state index in [0.717, 1.165) is 0 Å². The number of hydrogen-bond acceptors (Lipinski definition) is 5. The maximum Gasteiger partial charge on any atom is 0.513 e. The Bertz CT molecular complexity index is 900. The van der Waals surface area contributed by atoms with Crippen molar-refractivity contribution in [3.63, 3.8) is 0 Å². The summed E-state index contributed by atoms with van der Waals surface area (Å²) in [5.41, 5.74) is 0. The van der Waals surface area contributed by atoms with E-state index in [2.05, 4.69) is 5.09 Å². The van der Waals surface area contributed by atoms with Crippen LogP contribution in [0, 0.1) is 23.3 Å². The number of halogens is 4. The van der Waals surface area contributed by atoms with Crippen molar-refractivity contribution in [3.8, 4) is 11.5 Å². The first-order valence-corrected chi connectivity index (χ1v) is 9.92. The summed E-state index contributed by atoms with van der Waals surface area (Å²) in [7, 11) is -4.77. The van der Waals surface area contributed by atoms with Gasteiger partial charge in [-0.25, -0.2) is 13.3 Å². The van der Waals surface area contributed by atoms with Crippen molar-refractivity contribution in [2.75, 3.05) is 0 Å². The molecule has 0 amide bonds. The number of carbonyl (C=O) groups is 1. The lowest BCUT2D eigenvalue weighted by molar-refractivity contribution is -0.149. The van der Waals surface area contributed by atoms with Gasteiger partial charge in [0.05, 0.1) is 6.10 Å². The highest BCUT2D eigenvalue weighted by atomic mass is 31.2. The van der Waals surface area contributed by atoms with Gasteiger partial charge in [-0.3, -0.25) is 4.79 Å². The Morgan fingerprint density at radius 2 is 1.52 bits per heavy atom. The van der Waals surface area contributed by atoms with Gasteiger partial charge in [0, 0.05) is 6.07 Å². The lowest BCUT2D eigenvalue weighted by Gasteiger charge is -2.24. The molecule has 1 N–H and O–H groups in total. The second kappa shape index (κ2) is 9.28. The fraction of sp³-hybridized carbons (Fsp3) is 0.278. The Morgan fingerprint density at radius 1 is 0.966 bits per heavy atom. The quantitative estimate of drug-likeness (QED) is 0.280. The molecule has 158 valence electrons. The maximum atomic E-state index is 14.0. The summed E-state index contributed by atoms with van der Waals surface area (Å²) >= 11 is 0. The molecule has 0 unspecified atom stereocenters. The highest BCUT2D eigenvalue weighted by Crippen LogP contribution is 2.47. The Labute approximate surface area is 164 Å². The zero-order valence-electron chi connectivity index (χ0n) is 15.6. The van der Waals surface area contributed by atoms with Crippen molar-refractivity contribution in [2.45, 2.75) is 32.9 Å². The van der Waals surface area contributed by atoms with E-state index in [9.17, 15) is 26.9 Å². The largest absolute Gasteiger partial charge is 0.513 e. The predicted molar refractivity (Wildman–Crippen MR) is 95.4 cm³/mol. The van der Waals surface area contributed by atoms with Gasteiger partial charge in [0.2, 0.25) is 17.4 Å². The molecule has 29 heavy (non-hydrogen) atoms. The van der Waals surface area contributed by atoms with Crippen LogP contribution in [-0.4, -0.2) is 18.1 Å². The lowest BCUT2D eigenvalue weighted by atomic mass is 10.3. The molecule has 6 nitrogen and oxygen atoms in total. The van der Waals surface area contributed by atoms with Gasteiger partial charge in [0.15, 0.2) is 11.6 Å². The van der Waals surface area contributed by atoms with Crippen molar-refractivity contribution >= 4 is 13.7 Å². The number of para-hydroxylation sites is 1. The third-order valence-corrected chi connectivity index (χ3v) is 4.89. The molecule has 0 saturated carbocycles. The van der Waals surface area contributed by atoms with E-state index in [-0.39, 0.29) is 11.8 Å². The minimum Gasteiger partial charge on any atom is -0.462 e. The number of carbonyl (C=O) groups excluding carboxylic acids is 1. The van der Waals surface area contributed by atoms with E-state index in [1.54, 1.807) is 19.9 Å². The van der Waals surface area contributed by atoms with Crippen molar-refractivity contribution in [2.24, 2.45) is 0 Å². The number of esters is 1. The smallest absolute Gasteiger partial charge is 0.462 e. The summed E-state index contributed by atoms with van der Waals surface area (Å²) in [5, 5.41) is 2.15. The SMILES string of the molecule is CC(C)OC(=O)[C@H](C)N[P@](=O)(Oc1ccccc1)Oc1c(F)c(F)cc(F)c1F. The fourth-order valence-corrected chi connectivity index (χ4v) is 3.59. The normalized spacial score (nSPS) is 14.2. The summed E-state index contributed by atoms with van der Waals surface area (Å²) in [6.45, 7) is 4.37. The Morgan fingerprint density at radius 3 is 2.03 bits per heavy atom. The third-order valence-electron chi connectivity index (χ3n) is 3.31. The molecule has 0 radical (unpaired) electrons. The summed E-state index contributed by atoms with van der Waals surface area (Å²) in [5.74, 6) is -9.90. The van der Waals surface area contributed by atoms with E-state index < -0.39 is 54.9 Å². The molecule has 0 spiro atoms. The van der Waals surface area contributed by atoms with E-state index in [0.29, 0.717) is 0 Å². The molecule has 2 aromatic carbocycles. The first-order valence-electron chi connectivity index (χ1n) is 8.38. The molecule has 0 aliphatic rings. The van der Waals surface area contributed by atoms with Crippen molar-refractivity contribution < 1.29 is 40.7 Å². The van der Waals surface area contributed by atoms with E-state index in [1.165, 1.54) is 31.2 Å². The number of hydrogen-bond donors (Lipinski definition) is 1. The molecule has 0 aromatic heterocycles. The molecular formula is C18H18F4NO5P. The molecule has 0 heterocycles. The average Bonchev–Trinajstić information content (AvgIpc) is 2.64. The number of benzene rings is 2. The van der Waals surface area contributed by atoms with Crippen molar-refractivity contribution in [1.82, 2.24) is 5.09 Å². The molecule has 0 fully saturated rings. The second-order valence-electron chi connectivity index (χ2n) is 6.13. The Kier molecular flexibility index (Phi) is 7.26. The minimum absolute atomic E-state index is 0.0312. The van der Waals surface area contributed by atoms with Gasteiger partial charge >= 0.3 is 13.7 Å². The van der Waals surface area contributed by atoms with Crippen LogP contribution in [0.15, 0.2) is 36.4 Å². The highest BCUT2D eigenvalue weighted by molar-refractivity contribution is 7.52. The molecule has 2 rings (SSSR count). The zero-order valence-corrected chi connectivity index (χ0v) is 16.5. The van der Waals surface area contributed by atoms with Gasteiger partial charge in [-0.1, -0.05) is 18.2 Å². The Balaban J connectivity index is 2.40. The van der Waals surface area contributed by atoms with Gasteiger partial charge in [-0.15, -0.1) is 0 Å². The van der Waals surface area contributed by atoms with Gasteiger partial charge in [0.25, 0.3) is 0 Å². The van der Waals surface area contributed by atoms with Crippen LogP contribution in [-0.2, 0) is 14.1 Å². The van der Waals surface area contributed by atoms with Gasteiger partial charge < -0.3 is 13.8 Å². The molecule has 0 bridgehead atoms. The molecule has 0 aliphatic heterocycles. The summed E-state index contributed by atoms with van der Waals surface area (Å²) in [4.78, 5) is 12.0. The number of ether oxygens (including phenoxy) is 1. The topological polar surface area (TPSA) is 73.9 Å². The summed E-state index contributed by atoms with van der Waals surface area (Å²) < 4.78 is 82.9. The van der Waals surface area contributed by atoms with Crippen LogP contribution in [0.25, 0.3) is 0 Å². The monoisotopic (exact) mass is 435 g/mol. The highest BCUT2D eigenvalue weighted by Gasteiger charge is 2.37. The molecule has 0 aliphatic carbocycles. The molecule has 11 heteroatoms. The van der Waals surface area contributed by atoms with Gasteiger partial charge in [0.1, 0.15) is 11.8 Å². The number of rotatable bonds is 8. The average molecular weight is 435 g/mol. The summed E-state index contributed by atoms with van der Waals surface area (Å²) in [6.07, 6.45) is -0.505. The summed E-state index contributed by atoms with van der Waals surface area (Å²) in [6, 6.07) is 5.93. The molecular weight excluding hydrogens is 417 g/mol. The van der Waals surface area contributed by atoms with Crippen LogP contribution in [0.1, 0.15) is 20.8 Å². The maximum absolute atomic E-state index is 14.0. The second-order valence-corrected chi connectivity index (χ2v) is 7.75. The van der Waals surface area contributed by atoms with Crippen LogP contribution in [0.2, 0.25) is 0 Å². The van der Waals surface area contributed by atoms with Crippen LogP contribution in [0.5, 0.6) is 11.5 Å². The predicted octanol–water partition coefficient (Wildman–Crippen LogP) is 4.74. The first kappa shape index (κ1) is 22.7. The molecule has 0 saturated heterocycles. The van der Waals surface area contributed by atoms with Crippen LogP contribution in [0.3, 0.4) is 0 Å². The van der Waals surface area contributed by atoms with Crippen LogP contribution in [0.4, 0.5) is 17.6 Å². The number of nitrogens with one attached hydrogen (secondary N) is 1. The van der Waals surface area contributed by atoms with Gasteiger partial charge in [-0.05, 0) is 32.9 Å². The fourth-order valence-electron chi connectivity index (χ4n) is 2.07. The van der Waals surface area contributed by atoms with E-state index >= 15 is 0 Å². The Hall–Kier alpha value is -2.58. The van der Waals surface area contributed by atoms with Crippen molar-refractivity contribution in [1.29, 1.82) is 0 Å². The standard InChI is InChI=1S/C18H18F4NO5P/c1-10(2)26-18(24)11(3)23-29(25,27-12-7-5-4-6-8-12)28-17-15(21)13(19)9-14(20)16(17)22/h4-11H,1-3H3,(H,23,25)/t11-,29-/m0/s1. The van der Waals surface area contributed by atoms with Crippen molar-refractivity contribution in [3.05, 3.63) is 59.7 Å². The molecule has 2 atom stereocenters. The minimum atomic E-state index is -4.77. The third kappa shape index (κ3) is 5.95. The lowest BCUT2D eigenvalue weighted by Crippen LogP contribution is -2.37. The van der Waals surface area contributed by atoms with E-state index in [4.69, 9.17) is 13.8 Å². The zero-order chi connectivity index (χ0) is 21.8. The first-order chi connectivity index (χ1) is 13.5. The van der Waals surface area contributed by atoms with Crippen LogP contribution < -0.4 is 14.1 Å². The van der Waals surface area contributed by atoms with E-state index in [1.807, 2.05) is 0 Å².